The molecule has 23 heavy (non-hydrogen) atoms. The van der Waals surface area contributed by atoms with Gasteiger partial charge in [-0.15, -0.1) is 0 Å². The summed E-state index contributed by atoms with van der Waals surface area (Å²) in [7, 11) is -1.97. The lowest BCUT2D eigenvalue weighted by molar-refractivity contribution is -0.139. The predicted octanol–water partition coefficient (Wildman–Crippen LogP) is -0.344. The largest absolute Gasteiger partial charge is 0.481 e. The number of methoxy groups -OCH3 is 1. The highest BCUT2D eigenvalue weighted by molar-refractivity contribution is 7.89. The lowest BCUT2D eigenvalue weighted by Gasteiger charge is -2.32. The van der Waals surface area contributed by atoms with Crippen LogP contribution in [0.1, 0.15) is 25.7 Å². The fourth-order valence-electron chi connectivity index (χ4n) is 3.20. The standard InChI is InChI=1S/C14H24N2O6S/c1-22-7-2-8-23(20,21)15-10-12(17)16-5-3-14(4-6-16)9-11(14)13(18)19/h11,15H,2-10H2,1H3,(H,18,19). The molecule has 1 aliphatic carbocycles. The Balaban J connectivity index is 1.72. The summed E-state index contributed by atoms with van der Waals surface area (Å²) in [4.78, 5) is 24.7. The van der Waals surface area contributed by atoms with E-state index in [9.17, 15) is 18.0 Å². The number of carbonyl (C=O) groups excluding carboxylic acids is 1. The number of aliphatic carboxylic acids is 1. The Bertz CT molecular complexity index is 554. The molecule has 0 aromatic heterocycles. The van der Waals surface area contributed by atoms with Crippen LogP contribution >= 0.6 is 0 Å². The summed E-state index contributed by atoms with van der Waals surface area (Å²) < 4.78 is 30.6. The third-order valence-electron chi connectivity index (χ3n) is 4.80. The SMILES string of the molecule is COCCCS(=O)(=O)NCC(=O)N1CCC2(CC1)CC2C(=O)O. The smallest absolute Gasteiger partial charge is 0.307 e. The van der Waals surface area contributed by atoms with Crippen LogP contribution in [0.15, 0.2) is 0 Å². The number of nitrogens with one attached hydrogen (secondary N) is 1. The molecule has 1 spiro atoms. The molecule has 9 heteroatoms. The summed E-state index contributed by atoms with van der Waals surface area (Å²) in [6.07, 6.45) is 2.42. The molecule has 2 fully saturated rings. The molecule has 1 atom stereocenters. The zero-order valence-electron chi connectivity index (χ0n) is 13.3. The first-order valence-corrected chi connectivity index (χ1v) is 9.42. The number of likely N-dealkylation sites (tertiary alicyclic amines) is 1. The Morgan fingerprint density at radius 3 is 2.52 bits per heavy atom. The van der Waals surface area contributed by atoms with Crippen molar-refractivity contribution in [3.8, 4) is 0 Å². The van der Waals surface area contributed by atoms with Gasteiger partial charge >= 0.3 is 5.97 Å². The number of rotatable bonds is 8. The molecule has 0 radical (unpaired) electrons. The quantitative estimate of drug-likeness (QED) is 0.580. The molecule has 0 aromatic carbocycles. The summed E-state index contributed by atoms with van der Waals surface area (Å²) in [6.45, 7) is 1.10. The summed E-state index contributed by atoms with van der Waals surface area (Å²) in [5.41, 5.74) is -0.137. The number of carbonyl (C=O) groups is 2. The Hall–Kier alpha value is -1.19. The molecule has 1 heterocycles. The van der Waals surface area contributed by atoms with E-state index in [-0.39, 0.29) is 29.5 Å². The van der Waals surface area contributed by atoms with Crippen molar-refractivity contribution in [1.29, 1.82) is 0 Å². The number of hydrogen-bond acceptors (Lipinski definition) is 5. The van der Waals surface area contributed by atoms with E-state index in [1.807, 2.05) is 0 Å². The maximum atomic E-state index is 12.1. The minimum absolute atomic E-state index is 0.0719. The lowest BCUT2D eigenvalue weighted by atomic mass is 9.91. The molecule has 1 aliphatic heterocycles. The maximum Gasteiger partial charge on any atom is 0.307 e. The summed E-state index contributed by atoms with van der Waals surface area (Å²) in [6, 6.07) is 0. The third-order valence-corrected chi connectivity index (χ3v) is 6.21. The molecular weight excluding hydrogens is 324 g/mol. The number of hydrogen-bond donors (Lipinski definition) is 2. The Kier molecular flexibility index (Phi) is 5.64. The van der Waals surface area contributed by atoms with Crippen LogP contribution in [0.5, 0.6) is 0 Å². The average molecular weight is 348 g/mol. The van der Waals surface area contributed by atoms with Gasteiger partial charge in [0.15, 0.2) is 0 Å². The topological polar surface area (TPSA) is 113 Å². The van der Waals surface area contributed by atoms with Gasteiger partial charge in [-0.2, -0.15) is 0 Å². The number of nitrogens with zero attached hydrogens (tertiary/aromatic N) is 1. The average Bonchev–Trinajstić information content (AvgIpc) is 3.20. The molecule has 8 nitrogen and oxygen atoms in total. The summed E-state index contributed by atoms with van der Waals surface area (Å²) in [5.74, 6) is -1.37. The Labute approximate surface area is 136 Å². The van der Waals surface area contributed by atoms with Crippen molar-refractivity contribution in [2.75, 3.05) is 39.1 Å². The molecule has 1 saturated carbocycles. The second kappa shape index (κ2) is 7.14. The molecule has 2 rings (SSSR count). The molecule has 132 valence electrons. The van der Waals surface area contributed by atoms with E-state index in [4.69, 9.17) is 9.84 Å². The van der Waals surface area contributed by atoms with E-state index in [2.05, 4.69) is 4.72 Å². The Morgan fingerprint density at radius 1 is 1.35 bits per heavy atom. The minimum Gasteiger partial charge on any atom is -0.481 e. The molecule has 1 saturated heterocycles. The fraction of sp³-hybridized carbons (Fsp3) is 0.857. The van der Waals surface area contributed by atoms with E-state index in [0.29, 0.717) is 45.4 Å². The van der Waals surface area contributed by atoms with Gasteiger partial charge in [-0.3, -0.25) is 9.59 Å². The number of amides is 1. The normalized spacial score (nSPS) is 23.0. The number of ether oxygens (including phenoxy) is 1. The lowest BCUT2D eigenvalue weighted by Crippen LogP contribution is -2.45. The highest BCUT2D eigenvalue weighted by atomic mass is 32.2. The van der Waals surface area contributed by atoms with Crippen LogP contribution in [-0.4, -0.2) is 69.4 Å². The number of piperidine rings is 1. The van der Waals surface area contributed by atoms with Crippen LogP contribution in [0.2, 0.25) is 0 Å². The van der Waals surface area contributed by atoms with Gasteiger partial charge in [-0.05, 0) is 31.1 Å². The highest BCUT2D eigenvalue weighted by Gasteiger charge is 2.59. The van der Waals surface area contributed by atoms with E-state index in [0.717, 1.165) is 0 Å². The van der Waals surface area contributed by atoms with Crippen molar-refractivity contribution in [1.82, 2.24) is 9.62 Å². The third kappa shape index (κ3) is 4.65. The zero-order chi connectivity index (χ0) is 17.1. The van der Waals surface area contributed by atoms with Gasteiger partial charge in [0.2, 0.25) is 15.9 Å². The summed E-state index contributed by atoms with van der Waals surface area (Å²) in [5, 5.41) is 9.04. The number of carboxylic acid groups (broad SMARTS) is 1. The molecular formula is C14H24N2O6S. The number of sulfonamides is 1. The minimum atomic E-state index is -3.47. The second-order valence-electron chi connectivity index (χ2n) is 6.32. The van der Waals surface area contributed by atoms with Crippen molar-refractivity contribution in [2.24, 2.45) is 11.3 Å². The van der Waals surface area contributed by atoms with Gasteiger partial charge in [0.25, 0.3) is 0 Å². The Morgan fingerprint density at radius 2 is 2.00 bits per heavy atom. The molecule has 0 aromatic rings. The summed E-state index contributed by atoms with van der Waals surface area (Å²) >= 11 is 0. The maximum absolute atomic E-state index is 12.1. The first-order valence-electron chi connectivity index (χ1n) is 7.76. The molecule has 1 amide bonds. The van der Waals surface area contributed by atoms with E-state index >= 15 is 0 Å². The van der Waals surface area contributed by atoms with E-state index in [1.165, 1.54) is 7.11 Å². The molecule has 1 unspecified atom stereocenters. The van der Waals surface area contributed by atoms with Gasteiger partial charge in [-0.1, -0.05) is 0 Å². The van der Waals surface area contributed by atoms with Gasteiger partial charge in [0.05, 0.1) is 18.2 Å². The number of carboxylic acids is 1. The predicted molar refractivity (Wildman–Crippen MR) is 82.3 cm³/mol. The van der Waals surface area contributed by atoms with E-state index < -0.39 is 16.0 Å². The first-order chi connectivity index (χ1) is 10.8. The van der Waals surface area contributed by atoms with Crippen molar-refractivity contribution in [2.45, 2.75) is 25.7 Å². The monoisotopic (exact) mass is 348 g/mol. The van der Waals surface area contributed by atoms with Gasteiger partial charge in [0.1, 0.15) is 0 Å². The van der Waals surface area contributed by atoms with Crippen molar-refractivity contribution < 1.29 is 27.9 Å². The fourth-order valence-corrected chi connectivity index (χ4v) is 4.19. The van der Waals surface area contributed by atoms with E-state index in [1.54, 1.807) is 4.90 Å². The van der Waals surface area contributed by atoms with Gasteiger partial charge in [0, 0.05) is 26.8 Å². The van der Waals surface area contributed by atoms with Gasteiger partial charge in [-0.25, -0.2) is 13.1 Å². The van der Waals surface area contributed by atoms with Crippen LogP contribution in [0.25, 0.3) is 0 Å². The van der Waals surface area contributed by atoms with Gasteiger partial charge < -0.3 is 14.7 Å². The molecule has 2 N–H and O–H groups in total. The first kappa shape index (κ1) is 18.2. The van der Waals surface area contributed by atoms with Crippen molar-refractivity contribution in [3.63, 3.8) is 0 Å². The molecule has 0 bridgehead atoms. The van der Waals surface area contributed by atoms with Crippen molar-refractivity contribution in [3.05, 3.63) is 0 Å². The van der Waals surface area contributed by atoms with Crippen LogP contribution in [0.4, 0.5) is 0 Å². The second-order valence-corrected chi connectivity index (χ2v) is 8.25. The zero-order valence-corrected chi connectivity index (χ0v) is 14.1. The van der Waals surface area contributed by atoms with Crippen molar-refractivity contribution >= 4 is 21.9 Å². The van der Waals surface area contributed by atoms with Crippen LogP contribution in [0, 0.1) is 11.3 Å². The highest BCUT2D eigenvalue weighted by Crippen LogP contribution is 2.59. The van der Waals surface area contributed by atoms with Crippen LogP contribution in [-0.2, 0) is 24.3 Å². The molecule has 2 aliphatic rings. The van der Waals surface area contributed by atoms with Crippen LogP contribution < -0.4 is 4.72 Å². The van der Waals surface area contributed by atoms with Crippen LogP contribution in [0.3, 0.4) is 0 Å².